The molecule has 0 bridgehead atoms. The summed E-state index contributed by atoms with van der Waals surface area (Å²) >= 11 is 0. The normalized spacial score (nSPS) is 26.1. The number of carbonyl (C=O) groups is 1. The number of guanidine groups is 1. The molecular formula is C21H38N4O2. The maximum absolute atomic E-state index is 12.0. The molecule has 3 aliphatic rings. The molecule has 3 rings (SSSR count). The van der Waals surface area contributed by atoms with Crippen molar-refractivity contribution in [2.45, 2.75) is 82.3 Å². The van der Waals surface area contributed by atoms with Crippen LogP contribution in [0.1, 0.15) is 70.6 Å². The van der Waals surface area contributed by atoms with Crippen molar-refractivity contribution in [3.8, 4) is 0 Å². The topological polar surface area (TPSA) is 66.0 Å². The second-order valence-electron chi connectivity index (χ2n) is 8.91. The number of hydrogen-bond donors (Lipinski definition) is 2. The zero-order valence-electron chi connectivity index (χ0n) is 17.3. The largest absolute Gasteiger partial charge is 0.375 e. The number of hydrogen-bond acceptors (Lipinski definition) is 3. The van der Waals surface area contributed by atoms with Gasteiger partial charge in [0, 0.05) is 33.3 Å². The number of nitrogens with one attached hydrogen (secondary N) is 2. The fraction of sp³-hybridized carbons (Fsp3) is 0.905. The maximum atomic E-state index is 12.0. The van der Waals surface area contributed by atoms with Crippen LogP contribution in [-0.4, -0.2) is 62.2 Å². The van der Waals surface area contributed by atoms with Crippen molar-refractivity contribution < 1.29 is 9.53 Å². The van der Waals surface area contributed by atoms with Gasteiger partial charge in [-0.05, 0) is 44.4 Å². The summed E-state index contributed by atoms with van der Waals surface area (Å²) in [5, 5.41) is 7.17. The predicted octanol–water partition coefficient (Wildman–Crippen LogP) is 2.68. The zero-order chi connectivity index (χ0) is 19.1. The zero-order valence-corrected chi connectivity index (χ0v) is 17.3. The van der Waals surface area contributed by atoms with Crippen molar-refractivity contribution in [3.05, 3.63) is 0 Å². The summed E-state index contributed by atoms with van der Waals surface area (Å²) < 4.78 is 6.16. The Bertz CT molecular complexity index is 508. The average molecular weight is 379 g/mol. The van der Waals surface area contributed by atoms with Crippen LogP contribution in [-0.2, 0) is 9.53 Å². The summed E-state index contributed by atoms with van der Waals surface area (Å²) in [5.41, 5.74) is 0.0872. The van der Waals surface area contributed by atoms with E-state index in [1.165, 1.54) is 57.8 Å². The first-order valence-electron chi connectivity index (χ1n) is 11.0. The van der Waals surface area contributed by atoms with E-state index in [0.717, 1.165) is 37.9 Å². The van der Waals surface area contributed by atoms with Gasteiger partial charge in [0.15, 0.2) is 5.96 Å². The summed E-state index contributed by atoms with van der Waals surface area (Å²) in [6.07, 6.45) is 13.7. The third-order valence-corrected chi connectivity index (χ3v) is 6.50. The minimum atomic E-state index is 0.0352. The number of nitrogens with zero attached hydrogens (tertiary/aromatic N) is 2. The predicted molar refractivity (Wildman–Crippen MR) is 109 cm³/mol. The van der Waals surface area contributed by atoms with Crippen LogP contribution in [0.5, 0.6) is 0 Å². The van der Waals surface area contributed by atoms with E-state index in [1.54, 1.807) is 19.0 Å². The van der Waals surface area contributed by atoms with Crippen molar-refractivity contribution in [2.75, 3.05) is 33.8 Å². The van der Waals surface area contributed by atoms with Crippen molar-refractivity contribution in [1.82, 2.24) is 15.5 Å². The lowest BCUT2D eigenvalue weighted by Gasteiger charge is -2.39. The molecule has 0 aromatic rings. The van der Waals surface area contributed by atoms with E-state index < -0.39 is 0 Å². The van der Waals surface area contributed by atoms with Gasteiger partial charge in [-0.25, -0.2) is 4.99 Å². The lowest BCUT2D eigenvalue weighted by Crippen LogP contribution is -2.51. The molecule has 1 aliphatic heterocycles. The number of likely N-dealkylation sites (N-methyl/N-ethyl adjacent to an activating group) is 1. The third-order valence-electron chi connectivity index (χ3n) is 6.50. The van der Waals surface area contributed by atoms with Crippen LogP contribution in [0.2, 0.25) is 0 Å². The van der Waals surface area contributed by atoms with Gasteiger partial charge in [0.25, 0.3) is 0 Å². The minimum absolute atomic E-state index is 0.0352. The Morgan fingerprint density at radius 3 is 2.56 bits per heavy atom. The van der Waals surface area contributed by atoms with Crippen molar-refractivity contribution >= 4 is 11.9 Å². The standard InChI is InChI=1S/C21H38N4O2/c1-25(2)19(26)16-23-20(22-15-17-8-4-3-5-9-17)24-18-10-13-27-21(14-18)11-6-7-12-21/h17-18H,3-16H2,1-2H3,(H2,22,23,24). The molecule has 2 saturated carbocycles. The van der Waals surface area contributed by atoms with Crippen molar-refractivity contribution in [3.63, 3.8) is 0 Å². The fourth-order valence-electron chi connectivity index (χ4n) is 4.79. The van der Waals surface area contributed by atoms with Gasteiger partial charge < -0.3 is 20.3 Å². The molecule has 0 radical (unpaired) electrons. The average Bonchev–Trinajstić information content (AvgIpc) is 3.11. The van der Waals surface area contributed by atoms with E-state index in [9.17, 15) is 4.79 Å². The van der Waals surface area contributed by atoms with Gasteiger partial charge in [-0.3, -0.25) is 4.79 Å². The van der Waals surface area contributed by atoms with Crippen LogP contribution in [0, 0.1) is 5.92 Å². The van der Waals surface area contributed by atoms with Crippen LogP contribution in [0.25, 0.3) is 0 Å². The summed E-state index contributed by atoms with van der Waals surface area (Å²) in [5.74, 6) is 1.56. The molecule has 2 N–H and O–H groups in total. The van der Waals surface area contributed by atoms with E-state index in [-0.39, 0.29) is 18.1 Å². The first kappa shape index (κ1) is 20.4. The Kier molecular flexibility index (Phi) is 7.39. The molecule has 6 heteroatoms. The summed E-state index contributed by atoms with van der Waals surface area (Å²) in [7, 11) is 3.56. The van der Waals surface area contributed by atoms with E-state index in [2.05, 4.69) is 15.6 Å². The Morgan fingerprint density at radius 2 is 1.85 bits per heavy atom. The molecule has 154 valence electrons. The summed E-state index contributed by atoms with van der Waals surface area (Å²) in [6, 6.07) is 0.379. The summed E-state index contributed by atoms with van der Waals surface area (Å²) in [6.45, 7) is 1.97. The van der Waals surface area contributed by atoms with Gasteiger partial charge in [0.2, 0.25) is 5.91 Å². The number of amides is 1. The van der Waals surface area contributed by atoms with E-state index in [4.69, 9.17) is 4.74 Å². The van der Waals surface area contributed by atoms with Gasteiger partial charge in [0.05, 0.1) is 5.60 Å². The number of ether oxygens (including phenoxy) is 1. The first-order chi connectivity index (χ1) is 13.1. The quantitative estimate of drug-likeness (QED) is 0.570. The molecule has 1 unspecified atom stereocenters. The van der Waals surface area contributed by atoms with Crippen molar-refractivity contribution in [2.24, 2.45) is 10.9 Å². The second kappa shape index (κ2) is 9.76. The smallest absolute Gasteiger partial charge is 0.243 e. The molecular weight excluding hydrogens is 340 g/mol. The SMILES string of the molecule is CN(C)C(=O)CN=C(NCC1CCCCC1)NC1CCOC2(CCCC2)C1. The lowest BCUT2D eigenvalue weighted by molar-refractivity contribution is -0.127. The molecule has 3 fully saturated rings. The number of rotatable bonds is 5. The van der Waals surface area contributed by atoms with Gasteiger partial charge in [0.1, 0.15) is 6.54 Å². The van der Waals surface area contributed by atoms with Crippen LogP contribution in [0.15, 0.2) is 4.99 Å². The first-order valence-corrected chi connectivity index (χ1v) is 11.0. The molecule has 0 aromatic carbocycles. The Morgan fingerprint density at radius 1 is 1.11 bits per heavy atom. The van der Waals surface area contributed by atoms with Crippen LogP contribution >= 0.6 is 0 Å². The van der Waals surface area contributed by atoms with E-state index in [1.807, 2.05) is 0 Å². The Hall–Kier alpha value is -1.30. The van der Waals surface area contributed by atoms with Crippen molar-refractivity contribution in [1.29, 1.82) is 0 Å². The molecule has 1 amide bonds. The highest BCUT2D eigenvalue weighted by Gasteiger charge is 2.40. The van der Waals surface area contributed by atoms with Gasteiger partial charge in [-0.1, -0.05) is 32.1 Å². The third kappa shape index (κ3) is 6.09. The highest BCUT2D eigenvalue weighted by atomic mass is 16.5. The number of carbonyl (C=O) groups excluding carboxylic acids is 1. The van der Waals surface area contributed by atoms with Crippen LogP contribution < -0.4 is 10.6 Å². The molecule has 27 heavy (non-hydrogen) atoms. The molecule has 6 nitrogen and oxygen atoms in total. The molecule has 1 spiro atoms. The van der Waals surface area contributed by atoms with Gasteiger partial charge in [-0.15, -0.1) is 0 Å². The van der Waals surface area contributed by atoms with Gasteiger partial charge in [-0.2, -0.15) is 0 Å². The Balaban J connectivity index is 1.57. The monoisotopic (exact) mass is 378 g/mol. The van der Waals surface area contributed by atoms with E-state index >= 15 is 0 Å². The number of aliphatic imine (C=N–C) groups is 1. The van der Waals surface area contributed by atoms with E-state index in [0.29, 0.717) is 6.04 Å². The second-order valence-corrected chi connectivity index (χ2v) is 8.91. The molecule has 1 saturated heterocycles. The summed E-state index contributed by atoms with van der Waals surface area (Å²) in [4.78, 5) is 18.2. The lowest BCUT2D eigenvalue weighted by atomic mass is 9.89. The molecule has 1 heterocycles. The molecule has 2 aliphatic carbocycles. The highest BCUT2D eigenvalue weighted by molar-refractivity contribution is 5.84. The fourth-order valence-corrected chi connectivity index (χ4v) is 4.79. The maximum Gasteiger partial charge on any atom is 0.243 e. The minimum Gasteiger partial charge on any atom is -0.375 e. The molecule has 1 atom stereocenters. The highest BCUT2D eigenvalue weighted by Crippen LogP contribution is 2.39. The Labute approximate surface area is 164 Å². The molecule has 0 aromatic heterocycles. The van der Waals surface area contributed by atoms with Crippen LogP contribution in [0.4, 0.5) is 0 Å². The van der Waals surface area contributed by atoms with Crippen LogP contribution in [0.3, 0.4) is 0 Å². The van der Waals surface area contributed by atoms with Gasteiger partial charge >= 0.3 is 0 Å².